The molecule has 8 N–H and O–H groups in total. The molecule has 0 spiro atoms. The molecule has 11 rings (SSSR count). The lowest BCUT2D eigenvalue weighted by Gasteiger charge is -2.28. The van der Waals surface area contributed by atoms with Crippen molar-refractivity contribution in [2.45, 2.75) is 77.7 Å². The lowest BCUT2D eigenvalue weighted by atomic mass is 9.82. The van der Waals surface area contributed by atoms with Crippen molar-refractivity contribution in [3.05, 3.63) is 140 Å². The van der Waals surface area contributed by atoms with Crippen LogP contribution in [0.2, 0.25) is 0 Å². The minimum Gasteiger partial charge on any atom is -0.444 e. The zero-order valence-corrected chi connectivity index (χ0v) is 43.3. The molecular weight excluding hydrogens is 989 g/mol. The van der Waals surface area contributed by atoms with Gasteiger partial charge in [0.25, 0.3) is 0 Å². The minimum absolute atomic E-state index is 0.142. The maximum Gasteiger partial charge on any atom is 0.501 e. The molecule has 2 amide bonds. The highest BCUT2D eigenvalue weighted by Crippen LogP contribution is 2.36. The number of nitrogens with zero attached hydrogens (tertiary/aromatic N) is 7. The average Bonchev–Trinajstić information content (AvgIpc) is 4.21. The highest BCUT2D eigenvalue weighted by atomic mass is 79.9. The Morgan fingerprint density at radius 3 is 1.78 bits per heavy atom. The molecule has 6 aromatic heterocycles. The van der Waals surface area contributed by atoms with E-state index in [-0.39, 0.29) is 31.1 Å². The number of likely N-dealkylation sites (tertiary alicyclic amines) is 1. The molecule has 0 saturated carbocycles. The Morgan fingerprint density at radius 2 is 1.26 bits per heavy atom. The number of nitrogens with two attached hydrogens (primary N) is 2. The molecule has 18 nitrogen and oxygen atoms in total. The van der Waals surface area contributed by atoms with Crippen LogP contribution in [0.15, 0.2) is 133 Å². The summed E-state index contributed by atoms with van der Waals surface area (Å²) in [6.07, 6.45) is 16.2. The molecule has 3 aromatic carbocycles. The summed E-state index contributed by atoms with van der Waals surface area (Å²) in [5, 5.41) is 29.4. The number of carbonyl (C=O) groups excluding carboxylic acids is 2. The quantitative estimate of drug-likeness (QED) is 0.0695. The predicted molar refractivity (Wildman–Crippen MR) is 290 cm³/mol. The Kier molecular flexibility index (Phi) is 15.2. The number of pyridine rings is 3. The van der Waals surface area contributed by atoms with E-state index in [1.807, 2.05) is 128 Å². The Labute approximate surface area is 431 Å². The van der Waals surface area contributed by atoms with E-state index in [1.54, 1.807) is 48.3 Å². The Morgan fingerprint density at radius 1 is 0.726 bits per heavy atom. The molecule has 2 aliphatic heterocycles. The topological polar surface area (TPSA) is 254 Å². The first-order chi connectivity index (χ1) is 34.7. The summed E-state index contributed by atoms with van der Waals surface area (Å²) in [7, 11) is -0.369. The van der Waals surface area contributed by atoms with Crippen molar-refractivity contribution in [3.8, 4) is 22.3 Å². The van der Waals surface area contributed by atoms with Gasteiger partial charge in [0.2, 0.25) is 11.5 Å². The summed E-state index contributed by atoms with van der Waals surface area (Å²) in [4.78, 5) is 39.4. The van der Waals surface area contributed by atoms with Crippen molar-refractivity contribution >= 4 is 90.3 Å². The number of hydrogen-bond donors (Lipinski definition) is 6. The molecule has 0 aliphatic carbocycles. The number of amides is 2. The number of hydrogen-bond acceptors (Lipinski definition) is 13. The summed E-state index contributed by atoms with van der Waals surface area (Å²) in [5.74, 6) is 1.13. The number of benzene rings is 3. The smallest absolute Gasteiger partial charge is 0.444 e. The predicted octanol–water partition coefficient (Wildman–Crippen LogP) is 9.52. The Balaban J connectivity index is 0.000000142. The number of ether oxygens (including phenoxy) is 1. The lowest BCUT2D eigenvalue weighted by molar-refractivity contribution is -0.120. The number of aromatic amines is 3. The van der Waals surface area contributed by atoms with Crippen LogP contribution in [0.4, 0.5) is 22.2 Å². The molecule has 8 heterocycles. The normalized spacial score (nSPS) is 18.0. The van der Waals surface area contributed by atoms with Crippen LogP contribution in [-0.4, -0.2) is 99.0 Å². The van der Waals surface area contributed by atoms with E-state index in [0.717, 1.165) is 64.5 Å². The molecule has 2 aliphatic rings. The molecule has 0 bridgehead atoms. The molecule has 1 unspecified atom stereocenters. The molecule has 2 fully saturated rings. The number of carbonyl (C=O) groups is 2. The molecule has 20 heteroatoms. The summed E-state index contributed by atoms with van der Waals surface area (Å²) < 4.78 is 18.0. The third-order valence-electron chi connectivity index (χ3n) is 12.6. The maximum absolute atomic E-state index is 12.9. The van der Waals surface area contributed by atoms with E-state index in [9.17, 15) is 9.59 Å². The summed E-state index contributed by atoms with van der Waals surface area (Å²) in [6.45, 7) is 17.7. The number of aromatic nitrogens is 9. The molecule has 374 valence electrons. The third-order valence-corrected chi connectivity index (χ3v) is 13.1. The number of halogens is 1. The second-order valence-corrected chi connectivity index (χ2v) is 20.4. The van der Waals surface area contributed by atoms with Crippen molar-refractivity contribution in [1.82, 2.24) is 50.4 Å². The Bertz CT molecular complexity index is 3280. The fraction of sp³-hybridized carbons (Fsp3) is 0.264. The van der Waals surface area contributed by atoms with Gasteiger partial charge in [0.05, 0.1) is 25.2 Å². The first kappa shape index (κ1) is 51.5. The van der Waals surface area contributed by atoms with Gasteiger partial charge in [-0.3, -0.25) is 20.1 Å². The van der Waals surface area contributed by atoms with Crippen molar-refractivity contribution in [1.29, 1.82) is 0 Å². The van der Waals surface area contributed by atoms with Crippen LogP contribution in [0.25, 0.3) is 54.6 Å². The van der Waals surface area contributed by atoms with Crippen molar-refractivity contribution in [2.75, 3.05) is 23.3 Å². The zero-order valence-electron chi connectivity index (χ0n) is 41.7. The fourth-order valence-corrected chi connectivity index (χ4v) is 8.46. The highest BCUT2D eigenvalue weighted by molar-refractivity contribution is 9.10. The molecular formula is C53H58BBrN13O5+. The van der Waals surface area contributed by atoms with Crippen molar-refractivity contribution in [2.24, 2.45) is 5.92 Å². The molecule has 2 saturated heterocycles. The van der Waals surface area contributed by atoms with Gasteiger partial charge in [0, 0.05) is 100 Å². The number of rotatable bonds is 5. The van der Waals surface area contributed by atoms with Crippen LogP contribution in [0, 0.1) is 12.8 Å². The Hall–Kier alpha value is -7.81. The van der Waals surface area contributed by atoms with Gasteiger partial charge in [-0.05, 0) is 118 Å². The van der Waals surface area contributed by atoms with Crippen LogP contribution in [0.3, 0.4) is 0 Å². The van der Waals surface area contributed by atoms with E-state index in [1.165, 1.54) is 0 Å². The highest BCUT2D eigenvalue weighted by Gasteiger charge is 2.57. The van der Waals surface area contributed by atoms with Crippen LogP contribution < -0.4 is 22.2 Å². The van der Waals surface area contributed by atoms with Crippen LogP contribution in [0.5, 0.6) is 0 Å². The maximum atomic E-state index is 12.9. The monoisotopic (exact) mass is 1050 g/mol. The largest absolute Gasteiger partial charge is 0.501 e. The van der Waals surface area contributed by atoms with Crippen LogP contribution >= 0.6 is 15.9 Å². The first-order valence-corrected chi connectivity index (χ1v) is 24.4. The van der Waals surface area contributed by atoms with Crippen molar-refractivity contribution in [3.63, 3.8) is 0 Å². The van der Waals surface area contributed by atoms with Gasteiger partial charge in [-0.15, -0.1) is 0 Å². The SMILES string of the molecule is C[C@H]1[C@@H](C(=O)Nc2cc3cc(-c4cn[nH]c4)ccc3cn2)CCN1C(=O)OC(C)(C)C.Nc1cc2cc(-c3cn[nH]c3)ccc2cn1.Nc1cc2cc(Br)ccc2cn1.[CH2+]C1(C)OB(c2cn[nH]c2)OC1(C)C. The molecule has 3 atom stereocenters. The van der Waals surface area contributed by atoms with Gasteiger partial charge >= 0.3 is 13.2 Å². The van der Waals surface area contributed by atoms with Gasteiger partial charge in [0.15, 0.2) is 0 Å². The number of anilines is 3. The van der Waals surface area contributed by atoms with Gasteiger partial charge in [-0.25, -0.2) is 19.7 Å². The fourth-order valence-electron chi connectivity index (χ4n) is 8.08. The molecule has 9 aromatic rings. The lowest BCUT2D eigenvalue weighted by Crippen LogP contribution is -2.42. The molecule has 0 radical (unpaired) electrons. The third kappa shape index (κ3) is 12.6. The van der Waals surface area contributed by atoms with Crippen molar-refractivity contribution < 1.29 is 23.6 Å². The van der Waals surface area contributed by atoms with E-state index in [0.29, 0.717) is 30.4 Å². The van der Waals surface area contributed by atoms with Crippen LogP contribution in [0.1, 0.15) is 54.9 Å². The summed E-state index contributed by atoms with van der Waals surface area (Å²) >= 11 is 3.40. The number of fused-ring (bicyclic) bond motifs is 3. The van der Waals surface area contributed by atoms with E-state index < -0.39 is 16.8 Å². The van der Waals surface area contributed by atoms with E-state index in [2.05, 4.69) is 79.8 Å². The van der Waals surface area contributed by atoms with E-state index >= 15 is 0 Å². The van der Waals surface area contributed by atoms with Gasteiger partial charge in [-0.2, -0.15) is 15.3 Å². The summed E-state index contributed by atoms with van der Waals surface area (Å²) in [5.41, 5.74) is 14.8. The second kappa shape index (κ2) is 21.5. The zero-order chi connectivity index (χ0) is 52.1. The summed E-state index contributed by atoms with van der Waals surface area (Å²) in [6, 6.07) is 23.6. The number of nitrogens with one attached hydrogen (secondary N) is 4. The standard InChI is InChI=1S/C23H27N5O3.C12H10N4.C9H14BN2O2.C9H7BrN2/c1-14-19(7-8-28(14)22(30)31-23(2,3)4)21(29)27-20-10-17-9-15(18-12-25-26-13-18)5-6-16(17)11-24-20;13-12-4-10-3-8(11-6-15-16-7-11)1-2-9(10)5-14-12;1-8(2)9(3,4)14-10(13-8)7-5-11-12-6-7;10-8-2-1-6-5-12-9(11)4-7(6)3-8/h5-6,9-14,19H,7-8H2,1-4H3,(H,25,26)(H,24,27,29);1-7H,(H2,13,14)(H,15,16);5-6H,1H2,2-4H3,(H,11,12);1-5H,(H2,11,12)/q;;+1;/t14-,19-;;;/m0.../s1. The number of H-pyrrole nitrogens is 3. The van der Waals surface area contributed by atoms with E-state index in [4.69, 9.17) is 25.5 Å². The van der Waals surface area contributed by atoms with Gasteiger partial charge < -0.3 is 35.7 Å². The first-order valence-electron chi connectivity index (χ1n) is 23.6. The minimum atomic E-state index is -0.568. The number of nitrogen functional groups attached to an aromatic ring is 2. The van der Waals surface area contributed by atoms with Gasteiger partial charge in [0.1, 0.15) is 28.7 Å². The van der Waals surface area contributed by atoms with Gasteiger partial charge in [-0.1, -0.05) is 46.3 Å². The second-order valence-electron chi connectivity index (χ2n) is 19.5. The average molecular weight is 1050 g/mol. The van der Waals surface area contributed by atoms with Crippen LogP contribution in [-0.2, 0) is 18.8 Å². The molecule has 73 heavy (non-hydrogen) atoms.